The summed E-state index contributed by atoms with van der Waals surface area (Å²) in [4.78, 5) is 14.0. The lowest BCUT2D eigenvalue weighted by Gasteiger charge is -2.21. The second-order valence-electron chi connectivity index (χ2n) is 5.02. The molecule has 3 heterocycles. The highest BCUT2D eigenvalue weighted by atomic mass is 35.5. The molecule has 1 amide bonds. The van der Waals surface area contributed by atoms with Crippen LogP contribution >= 0.6 is 11.6 Å². The number of H-pyrrole nitrogens is 1. The van der Waals surface area contributed by atoms with Crippen LogP contribution in [0.4, 0.5) is 0 Å². The first-order valence-corrected chi connectivity index (χ1v) is 6.57. The van der Waals surface area contributed by atoms with E-state index < -0.39 is 5.60 Å². The molecule has 0 aliphatic carbocycles. The monoisotopic (exact) mass is 295 g/mol. The molecule has 2 N–H and O–H groups in total. The highest BCUT2D eigenvalue weighted by molar-refractivity contribution is 6.31. The van der Waals surface area contributed by atoms with Gasteiger partial charge in [-0.1, -0.05) is 11.6 Å². The second kappa shape index (κ2) is 4.60. The number of amides is 1. The molecule has 0 saturated carbocycles. The van der Waals surface area contributed by atoms with E-state index in [9.17, 15) is 9.90 Å². The van der Waals surface area contributed by atoms with Gasteiger partial charge in [0.15, 0.2) is 0 Å². The highest BCUT2D eigenvalue weighted by Gasteiger charge is 2.42. The molecule has 20 heavy (non-hydrogen) atoms. The summed E-state index contributed by atoms with van der Waals surface area (Å²) in [7, 11) is 1.76. The Hall–Kier alpha value is -1.86. The van der Waals surface area contributed by atoms with Crippen molar-refractivity contribution in [3.8, 4) is 0 Å². The minimum Gasteiger partial charge on any atom is -0.381 e. The van der Waals surface area contributed by atoms with Crippen molar-refractivity contribution >= 4 is 17.5 Å². The summed E-state index contributed by atoms with van der Waals surface area (Å²) in [5.41, 5.74) is -0.186. The molecule has 106 valence electrons. The molecule has 2 aromatic rings. The smallest absolute Gasteiger partial charge is 0.270 e. The van der Waals surface area contributed by atoms with Gasteiger partial charge in [-0.2, -0.15) is 15.4 Å². The predicted molar refractivity (Wildman–Crippen MR) is 71.2 cm³/mol. The second-order valence-corrected chi connectivity index (χ2v) is 5.45. The SMILES string of the molecule is Cn1cc(Cl)cc1C(=O)N1CCC(O)(c2cn[nH]n2)C1. The summed E-state index contributed by atoms with van der Waals surface area (Å²) in [5, 5.41) is 21.1. The van der Waals surface area contributed by atoms with Gasteiger partial charge in [0, 0.05) is 26.2 Å². The zero-order valence-corrected chi connectivity index (χ0v) is 11.6. The molecule has 8 heteroatoms. The zero-order chi connectivity index (χ0) is 14.3. The van der Waals surface area contributed by atoms with Crippen molar-refractivity contribution in [2.75, 3.05) is 13.1 Å². The van der Waals surface area contributed by atoms with Crippen LogP contribution in [-0.2, 0) is 12.6 Å². The van der Waals surface area contributed by atoms with E-state index in [0.717, 1.165) is 0 Å². The predicted octanol–water partition coefficient (Wildman–Crippen LogP) is 0.530. The number of rotatable bonds is 2. The van der Waals surface area contributed by atoms with Gasteiger partial charge in [0.25, 0.3) is 5.91 Å². The zero-order valence-electron chi connectivity index (χ0n) is 10.9. The number of likely N-dealkylation sites (tertiary alicyclic amines) is 1. The van der Waals surface area contributed by atoms with Crippen LogP contribution in [0.15, 0.2) is 18.5 Å². The Labute approximate surface area is 120 Å². The first-order valence-electron chi connectivity index (χ1n) is 6.19. The number of hydrogen-bond donors (Lipinski definition) is 2. The standard InChI is InChI=1S/C12H14ClN5O2/c1-17-6-8(13)4-9(17)11(19)18-3-2-12(20,7-18)10-5-14-16-15-10/h4-6,20H,2-3,7H2,1H3,(H,14,15,16). The molecule has 1 unspecified atom stereocenters. The minimum atomic E-state index is -1.14. The van der Waals surface area contributed by atoms with E-state index in [0.29, 0.717) is 29.4 Å². The molecule has 1 atom stereocenters. The number of hydrogen-bond acceptors (Lipinski definition) is 4. The topological polar surface area (TPSA) is 87.0 Å². The van der Waals surface area contributed by atoms with Gasteiger partial charge in [-0.3, -0.25) is 4.79 Å². The molecule has 2 aromatic heterocycles. The fourth-order valence-corrected chi connectivity index (χ4v) is 2.75. The lowest BCUT2D eigenvalue weighted by Crippen LogP contribution is -2.35. The van der Waals surface area contributed by atoms with Gasteiger partial charge >= 0.3 is 0 Å². The quantitative estimate of drug-likeness (QED) is 0.846. The maximum atomic E-state index is 12.4. The lowest BCUT2D eigenvalue weighted by molar-refractivity contribution is 0.0379. The number of aryl methyl sites for hydroxylation is 1. The van der Waals surface area contributed by atoms with E-state index in [4.69, 9.17) is 11.6 Å². The van der Waals surface area contributed by atoms with Gasteiger partial charge in [0.05, 0.1) is 17.8 Å². The average molecular weight is 296 g/mol. The van der Waals surface area contributed by atoms with Gasteiger partial charge < -0.3 is 14.6 Å². The molecule has 7 nitrogen and oxygen atoms in total. The van der Waals surface area contributed by atoms with Crippen molar-refractivity contribution in [1.29, 1.82) is 0 Å². The van der Waals surface area contributed by atoms with Crippen LogP contribution in [0.3, 0.4) is 0 Å². The molecule has 0 aromatic carbocycles. The highest BCUT2D eigenvalue weighted by Crippen LogP contribution is 2.31. The Bertz CT molecular complexity index is 638. The van der Waals surface area contributed by atoms with Crippen LogP contribution in [-0.4, -0.2) is 49.0 Å². The van der Waals surface area contributed by atoms with E-state index in [-0.39, 0.29) is 12.5 Å². The number of aromatic amines is 1. The van der Waals surface area contributed by atoms with E-state index in [1.54, 1.807) is 28.8 Å². The van der Waals surface area contributed by atoms with Crippen molar-refractivity contribution in [1.82, 2.24) is 24.9 Å². The van der Waals surface area contributed by atoms with Crippen molar-refractivity contribution < 1.29 is 9.90 Å². The summed E-state index contributed by atoms with van der Waals surface area (Å²) < 4.78 is 1.68. The van der Waals surface area contributed by atoms with Crippen molar-refractivity contribution in [3.63, 3.8) is 0 Å². The summed E-state index contributed by atoms with van der Waals surface area (Å²) in [6.45, 7) is 0.659. The third-order valence-corrected chi connectivity index (χ3v) is 3.82. The van der Waals surface area contributed by atoms with Crippen molar-refractivity contribution in [3.05, 3.63) is 34.9 Å². The van der Waals surface area contributed by atoms with Crippen LogP contribution in [0, 0.1) is 0 Å². The Balaban J connectivity index is 1.81. The average Bonchev–Trinajstić information content (AvgIpc) is 3.09. The number of aliphatic hydroxyl groups is 1. The number of β-amino-alcohol motifs (C(OH)–C–C–N with tert-alkyl or cyclic N) is 1. The number of nitrogens with zero attached hydrogens (tertiary/aromatic N) is 4. The first-order chi connectivity index (χ1) is 9.49. The Morgan fingerprint density at radius 1 is 1.60 bits per heavy atom. The minimum absolute atomic E-state index is 0.154. The fourth-order valence-electron chi connectivity index (χ4n) is 2.50. The molecule has 0 radical (unpaired) electrons. The molecule has 0 bridgehead atoms. The van der Waals surface area contributed by atoms with Gasteiger partial charge in [-0.05, 0) is 6.07 Å². The van der Waals surface area contributed by atoms with Crippen LogP contribution in [0.2, 0.25) is 5.02 Å². The molecular formula is C12H14ClN5O2. The van der Waals surface area contributed by atoms with Gasteiger partial charge in [-0.15, -0.1) is 0 Å². The number of nitrogens with one attached hydrogen (secondary N) is 1. The largest absolute Gasteiger partial charge is 0.381 e. The maximum absolute atomic E-state index is 12.4. The third kappa shape index (κ3) is 2.08. The van der Waals surface area contributed by atoms with Gasteiger partial charge in [-0.25, -0.2) is 0 Å². The van der Waals surface area contributed by atoms with Crippen LogP contribution < -0.4 is 0 Å². The Morgan fingerprint density at radius 2 is 2.40 bits per heavy atom. The summed E-state index contributed by atoms with van der Waals surface area (Å²) >= 11 is 5.89. The van der Waals surface area contributed by atoms with Crippen molar-refractivity contribution in [2.24, 2.45) is 7.05 Å². The molecule has 1 saturated heterocycles. The number of aromatic nitrogens is 4. The van der Waals surface area contributed by atoms with Gasteiger partial charge in [0.1, 0.15) is 17.0 Å². The third-order valence-electron chi connectivity index (χ3n) is 3.62. The summed E-state index contributed by atoms with van der Waals surface area (Å²) in [6.07, 6.45) is 3.59. The van der Waals surface area contributed by atoms with E-state index in [1.807, 2.05) is 0 Å². The Morgan fingerprint density at radius 3 is 3.00 bits per heavy atom. The number of carbonyl (C=O) groups is 1. The van der Waals surface area contributed by atoms with Gasteiger partial charge in [0.2, 0.25) is 0 Å². The van der Waals surface area contributed by atoms with E-state index in [1.165, 1.54) is 6.20 Å². The van der Waals surface area contributed by atoms with E-state index >= 15 is 0 Å². The maximum Gasteiger partial charge on any atom is 0.270 e. The molecular weight excluding hydrogens is 282 g/mol. The molecule has 3 rings (SSSR count). The number of carbonyl (C=O) groups excluding carboxylic acids is 1. The molecule has 1 fully saturated rings. The molecule has 1 aliphatic rings. The summed E-state index contributed by atoms with van der Waals surface area (Å²) in [6, 6.07) is 1.62. The molecule has 1 aliphatic heterocycles. The van der Waals surface area contributed by atoms with Crippen LogP contribution in [0.1, 0.15) is 22.6 Å². The fraction of sp³-hybridized carbons (Fsp3) is 0.417. The normalized spacial score (nSPS) is 22.4. The Kier molecular flexibility index (Phi) is 3.02. The first kappa shape index (κ1) is 13.1. The summed E-state index contributed by atoms with van der Waals surface area (Å²) in [5.74, 6) is -0.154. The lowest BCUT2D eigenvalue weighted by atomic mass is 10.00. The van der Waals surface area contributed by atoms with Crippen LogP contribution in [0.5, 0.6) is 0 Å². The molecule has 0 spiro atoms. The van der Waals surface area contributed by atoms with Crippen molar-refractivity contribution in [2.45, 2.75) is 12.0 Å². The number of halogens is 1. The van der Waals surface area contributed by atoms with Crippen LogP contribution in [0.25, 0.3) is 0 Å². The van der Waals surface area contributed by atoms with E-state index in [2.05, 4.69) is 15.4 Å².